The number of furan rings is 1. The number of aryl methyl sites for hydroxylation is 1. The van der Waals surface area contributed by atoms with Crippen molar-refractivity contribution in [3.63, 3.8) is 0 Å². The second-order valence-electron chi connectivity index (χ2n) is 7.12. The minimum atomic E-state index is -4.48. The molecule has 0 radical (unpaired) electrons. The van der Waals surface area contributed by atoms with Gasteiger partial charge in [0.15, 0.2) is 0 Å². The minimum Gasteiger partial charge on any atom is -0.461 e. The van der Waals surface area contributed by atoms with Crippen LogP contribution in [0.4, 0.5) is 18.3 Å². The molecule has 10 heteroatoms. The summed E-state index contributed by atoms with van der Waals surface area (Å²) in [5.74, 6) is 0.289. The summed E-state index contributed by atoms with van der Waals surface area (Å²) in [6.45, 7) is 4.79. The van der Waals surface area contributed by atoms with Crippen LogP contribution in [-0.4, -0.2) is 26.0 Å². The molecule has 0 aliphatic heterocycles. The Balaban J connectivity index is 1.79. The molecule has 0 fully saturated rings. The maximum absolute atomic E-state index is 12.9. The van der Waals surface area contributed by atoms with Crippen molar-refractivity contribution < 1.29 is 27.5 Å². The maximum Gasteiger partial charge on any atom is 0.416 e. The van der Waals surface area contributed by atoms with Crippen molar-refractivity contribution in [2.24, 2.45) is 0 Å². The number of rotatable bonds is 5. The zero-order chi connectivity index (χ0) is 21.4. The topological polar surface area (TPSA) is 88.2 Å². The third kappa shape index (κ3) is 5.21. The van der Waals surface area contributed by atoms with Crippen molar-refractivity contribution in [3.8, 4) is 11.3 Å². The van der Waals surface area contributed by atoms with Gasteiger partial charge in [-0.3, -0.25) is 10.1 Å². The molecule has 0 unspecified atom stereocenters. The van der Waals surface area contributed by atoms with Crippen LogP contribution in [0.5, 0.6) is 0 Å². The number of carbonyl (C=O) groups is 1. The first-order valence-electron chi connectivity index (χ1n) is 8.57. The summed E-state index contributed by atoms with van der Waals surface area (Å²) < 4.78 is 48.4. The van der Waals surface area contributed by atoms with E-state index in [4.69, 9.17) is 4.42 Å². The highest BCUT2D eigenvalue weighted by atomic mass is 32.1. The lowest BCUT2D eigenvalue weighted by molar-refractivity contribution is -0.137. The van der Waals surface area contributed by atoms with Gasteiger partial charge in [-0.2, -0.15) is 17.5 Å². The molecule has 0 atom stereocenters. The summed E-state index contributed by atoms with van der Waals surface area (Å²) in [6.07, 6.45) is -4.25. The number of anilines is 1. The first-order valence-corrected chi connectivity index (χ1v) is 9.34. The van der Waals surface area contributed by atoms with Gasteiger partial charge in [0.25, 0.3) is 5.91 Å². The molecular weight excluding hydrogens is 407 g/mol. The number of aromatic nitrogens is 2. The fourth-order valence-electron chi connectivity index (χ4n) is 2.63. The van der Waals surface area contributed by atoms with Crippen molar-refractivity contribution in [2.75, 3.05) is 5.32 Å². The molecular formula is C19H18F3N3O3S. The second kappa shape index (κ2) is 7.60. The molecule has 3 aromatic rings. The molecule has 154 valence electrons. The van der Waals surface area contributed by atoms with Gasteiger partial charge in [0.05, 0.1) is 16.7 Å². The van der Waals surface area contributed by atoms with Gasteiger partial charge < -0.3 is 9.52 Å². The first-order chi connectivity index (χ1) is 13.4. The second-order valence-corrected chi connectivity index (χ2v) is 7.87. The number of hydrogen-bond acceptors (Lipinski definition) is 6. The van der Waals surface area contributed by atoms with Gasteiger partial charge in [-0.1, -0.05) is 12.1 Å². The maximum atomic E-state index is 12.9. The van der Waals surface area contributed by atoms with Gasteiger partial charge in [-0.05, 0) is 39.0 Å². The SMILES string of the molecule is Cc1oc(-c2cccc(C(F)(F)F)c2)cc1C(=O)Nc1nc(CC(C)(C)O)ns1. The van der Waals surface area contributed by atoms with Gasteiger partial charge in [0.1, 0.15) is 17.3 Å². The Morgan fingerprint density at radius 2 is 2.00 bits per heavy atom. The largest absolute Gasteiger partial charge is 0.461 e. The fraction of sp³-hybridized carbons (Fsp3) is 0.316. The van der Waals surface area contributed by atoms with E-state index in [0.29, 0.717) is 5.82 Å². The molecule has 0 aliphatic rings. The molecule has 2 N–H and O–H groups in total. The number of nitrogens with zero attached hydrogens (tertiary/aromatic N) is 2. The van der Waals surface area contributed by atoms with Crippen LogP contribution in [0.25, 0.3) is 11.3 Å². The number of nitrogens with one attached hydrogen (secondary N) is 1. The Kier molecular flexibility index (Phi) is 5.50. The molecule has 0 aliphatic carbocycles. The van der Waals surface area contributed by atoms with E-state index in [0.717, 1.165) is 23.7 Å². The number of hydrogen-bond donors (Lipinski definition) is 2. The van der Waals surface area contributed by atoms with Crippen LogP contribution in [0.3, 0.4) is 0 Å². The number of halogens is 3. The normalized spacial score (nSPS) is 12.2. The molecule has 0 saturated heterocycles. The smallest absolute Gasteiger partial charge is 0.416 e. The summed E-state index contributed by atoms with van der Waals surface area (Å²) >= 11 is 0.967. The van der Waals surface area contributed by atoms with Crippen molar-refractivity contribution in [1.82, 2.24) is 9.36 Å². The molecule has 2 heterocycles. The average molecular weight is 425 g/mol. The summed E-state index contributed by atoms with van der Waals surface area (Å²) in [5, 5.41) is 12.6. The van der Waals surface area contributed by atoms with E-state index in [1.165, 1.54) is 18.2 Å². The van der Waals surface area contributed by atoms with Crippen molar-refractivity contribution in [3.05, 3.63) is 53.0 Å². The molecule has 29 heavy (non-hydrogen) atoms. The predicted octanol–water partition coefficient (Wildman–Crippen LogP) is 4.69. The number of benzene rings is 1. The van der Waals surface area contributed by atoms with E-state index in [2.05, 4.69) is 14.7 Å². The van der Waals surface area contributed by atoms with Crippen LogP contribution in [0, 0.1) is 6.92 Å². The third-order valence-corrected chi connectivity index (χ3v) is 4.58. The van der Waals surface area contributed by atoms with Gasteiger partial charge in [-0.15, -0.1) is 0 Å². The Bertz CT molecular complexity index is 1040. The molecule has 1 aromatic carbocycles. The summed E-state index contributed by atoms with van der Waals surface area (Å²) in [7, 11) is 0. The van der Waals surface area contributed by atoms with E-state index >= 15 is 0 Å². The highest BCUT2D eigenvalue weighted by molar-refractivity contribution is 7.09. The standard InChI is InChI=1S/C19H18F3N3O3S/c1-10-13(16(26)24-17-23-15(25-29-17)9-18(2,3)27)8-14(28-10)11-5-4-6-12(7-11)19(20,21)22/h4-8,27H,9H2,1-3H3,(H,23,24,25,26). The monoisotopic (exact) mass is 425 g/mol. The quantitative estimate of drug-likeness (QED) is 0.619. The number of alkyl halides is 3. The van der Waals surface area contributed by atoms with Gasteiger partial charge >= 0.3 is 6.18 Å². The van der Waals surface area contributed by atoms with Gasteiger partial charge in [0.2, 0.25) is 5.13 Å². The summed E-state index contributed by atoms with van der Waals surface area (Å²) in [6, 6.07) is 6.07. The van der Waals surface area contributed by atoms with E-state index in [-0.39, 0.29) is 34.2 Å². The van der Waals surface area contributed by atoms with E-state index in [1.54, 1.807) is 20.8 Å². The van der Waals surface area contributed by atoms with Crippen LogP contribution in [-0.2, 0) is 12.6 Å². The molecule has 2 aromatic heterocycles. The molecule has 0 bridgehead atoms. The first kappa shape index (κ1) is 21.0. The lowest BCUT2D eigenvalue weighted by Crippen LogP contribution is -2.22. The van der Waals surface area contributed by atoms with Crippen molar-refractivity contribution >= 4 is 22.6 Å². The van der Waals surface area contributed by atoms with Gasteiger partial charge in [-0.25, -0.2) is 4.98 Å². The summed E-state index contributed by atoms with van der Waals surface area (Å²) in [4.78, 5) is 16.7. The van der Waals surface area contributed by atoms with Crippen LogP contribution in [0.2, 0.25) is 0 Å². The lowest BCUT2D eigenvalue weighted by atomic mass is 10.1. The molecule has 6 nitrogen and oxygen atoms in total. The Morgan fingerprint density at radius 3 is 2.66 bits per heavy atom. The van der Waals surface area contributed by atoms with E-state index in [1.807, 2.05) is 0 Å². The molecule has 0 spiro atoms. The van der Waals surface area contributed by atoms with Crippen LogP contribution in [0.15, 0.2) is 34.7 Å². The lowest BCUT2D eigenvalue weighted by Gasteiger charge is -2.13. The van der Waals surface area contributed by atoms with Crippen LogP contribution in [0.1, 0.15) is 41.4 Å². The highest BCUT2D eigenvalue weighted by Crippen LogP contribution is 2.33. The number of carbonyl (C=O) groups excluding carboxylic acids is 1. The highest BCUT2D eigenvalue weighted by Gasteiger charge is 2.31. The van der Waals surface area contributed by atoms with Crippen LogP contribution < -0.4 is 5.32 Å². The minimum absolute atomic E-state index is 0.152. The third-order valence-electron chi connectivity index (χ3n) is 3.92. The fourth-order valence-corrected chi connectivity index (χ4v) is 3.21. The molecule has 3 rings (SSSR count). The van der Waals surface area contributed by atoms with E-state index < -0.39 is 23.2 Å². The van der Waals surface area contributed by atoms with E-state index in [9.17, 15) is 23.1 Å². The zero-order valence-corrected chi connectivity index (χ0v) is 16.6. The molecule has 0 saturated carbocycles. The molecule has 1 amide bonds. The summed E-state index contributed by atoms with van der Waals surface area (Å²) in [5.41, 5.74) is -1.39. The predicted molar refractivity (Wildman–Crippen MR) is 102 cm³/mol. The van der Waals surface area contributed by atoms with Crippen molar-refractivity contribution in [1.29, 1.82) is 0 Å². The Hall–Kier alpha value is -2.72. The van der Waals surface area contributed by atoms with Gasteiger partial charge in [0, 0.05) is 23.5 Å². The number of aliphatic hydroxyl groups is 1. The zero-order valence-electron chi connectivity index (χ0n) is 15.8. The Morgan fingerprint density at radius 1 is 1.28 bits per heavy atom. The number of amides is 1. The van der Waals surface area contributed by atoms with Crippen molar-refractivity contribution in [2.45, 2.75) is 39.0 Å². The average Bonchev–Trinajstić information content (AvgIpc) is 3.19. The van der Waals surface area contributed by atoms with Crippen LogP contribution >= 0.6 is 11.5 Å². The Labute approximate surface area is 168 Å².